The number of aliphatic hydroxyl groups is 2. The Morgan fingerprint density at radius 3 is 2.52 bits per heavy atom. The van der Waals surface area contributed by atoms with E-state index >= 15 is 0 Å². The maximum Gasteiger partial charge on any atom is 0.188 e. The van der Waals surface area contributed by atoms with E-state index in [4.69, 9.17) is 18.9 Å². The summed E-state index contributed by atoms with van der Waals surface area (Å²) in [4.78, 5) is 0. The van der Waals surface area contributed by atoms with Crippen molar-refractivity contribution in [3.8, 4) is 11.5 Å². The molecule has 0 unspecified atom stereocenters. The normalized spacial score (nSPS) is 14.0. The molecule has 0 amide bonds. The smallest absolute Gasteiger partial charge is 0.188 e. The quantitative estimate of drug-likeness (QED) is 0.277. The van der Waals surface area contributed by atoms with Gasteiger partial charge in [0.15, 0.2) is 6.79 Å². The molecule has 0 bridgehead atoms. The first-order chi connectivity index (χ1) is 13.7. The lowest BCUT2D eigenvalue weighted by Gasteiger charge is -2.31. The SMILES string of the molecule is C=CCOC/C=C/[C@@H](C)c1cc(OCOC)c(C)cc1O[C@H](CCO)C(C)(C)O. The third kappa shape index (κ3) is 8.58. The average molecular weight is 409 g/mol. The first kappa shape index (κ1) is 25.2. The van der Waals surface area contributed by atoms with Gasteiger partial charge < -0.3 is 29.2 Å². The lowest BCUT2D eigenvalue weighted by atomic mass is 9.96. The van der Waals surface area contributed by atoms with Gasteiger partial charge in [0.25, 0.3) is 0 Å². The standard InChI is InChI=1S/C23H36O6/c1-7-12-27-13-8-9-17(2)19-15-20(28-16-26-6)18(3)14-21(19)29-22(10-11-24)23(4,5)25/h7-9,14-15,17,22,24-25H,1,10-13,16H2,2-6H3/b9-8+/t17-,22-/m1/s1. The molecule has 0 saturated carbocycles. The minimum Gasteiger partial charge on any atom is -0.487 e. The summed E-state index contributed by atoms with van der Waals surface area (Å²) in [6.07, 6.45) is 5.47. The summed E-state index contributed by atoms with van der Waals surface area (Å²) in [5.41, 5.74) is 0.704. The van der Waals surface area contributed by atoms with E-state index in [0.717, 1.165) is 11.1 Å². The monoisotopic (exact) mass is 408 g/mol. The predicted molar refractivity (Wildman–Crippen MR) is 115 cm³/mol. The van der Waals surface area contributed by atoms with Crippen molar-refractivity contribution in [1.29, 1.82) is 0 Å². The van der Waals surface area contributed by atoms with Gasteiger partial charge >= 0.3 is 0 Å². The number of aliphatic hydroxyl groups excluding tert-OH is 1. The van der Waals surface area contributed by atoms with Crippen LogP contribution in [0.15, 0.2) is 36.9 Å². The number of ether oxygens (including phenoxy) is 4. The summed E-state index contributed by atoms with van der Waals surface area (Å²) in [5.74, 6) is 1.37. The summed E-state index contributed by atoms with van der Waals surface area (Å²) in [7, 11) is 1.57. The Hall–Kier alpha value is -1.86. The predicted octanol–water partition coefficient (Wildman–Crippen LogP) is 3.74. The molecule has 6 heteroatoms. The van der Waals surface area contributed by atoms with E-state index in [1.807, 2.05) is 38.1 Å². The minimum atomic E-state index is -1.10. The van der Waals surface area contributed by atoms with Crippen molar-refractivity contribution in [2.45, 2.75) is 51.7 Å². The van der Waals surface area contributed by atoms with E-state index < -0.39 is 11.7 Å². The third-order valence-corrected chi connectivity index (χ3v) is 4.45. The molecule has 0 aliphatic heterocycles. The third-order valence-electron chi connectivity index (χ3n) is 4.45. The van der Waals surface area contributed by atoms with Crippen LogP contribution < -0.4 is 9.47 Å². The molecule has 2 N–H and O–H groups in total. The van der Waals surface area contributed by atoms with Crippen LogP contribution in [0.4, 0.5) is 0 Å². The van der Waals surface area contributed by atoms with Gasteiger partial charge in [-0.3, -0.25) is 0 Å². The molecule has 0 aliphatic carbocycles. The van der Waals surface area contributed by atoms with Crippen molar-refractivity contribution in [3.63, 3.8) is 0 Å². The number of allylic oxidation sites excluding steroid dienone is 1. The summed E-state index contributed by atoms with van der Waals surface area (Å²) >= 11 is 0. The highest BCUT2D eigenvalue weighted by atomic mass is 16.7. The Labute approximate surface area is 174 Å². The molecule has 1 aromatic rings. The Morgan fingerprint density at radius 1 is 1.21 bits per heavy atom. The Balaban J connectivity index is 3.20. The second-order valence-corrected chi connectivity index (χ2v) is 7.52. The summed E-state index contributed by atoms with van der Waals surface area (Å²) in [6, 6.07) is 3.83. The lowest BCUT2D eigenvalue weighted by Crippen LogP contribution is -2.41. The molecular formula is C23H36O6. The molecule has 6 nitrogen and oxygen atoms in total. The molecule has 164 valence electrons. The van der Waals surface area contributed by atoms with Crippen LogP contribution in [0, 0.1) is 6.92 Å². The topological polar surface area (TPSA) is 77.4 Å². The molecule has 0 aliphatic rings. The molecule has 1 aromatic carbocycles. The van der Waals surface area contributed by atoms with Crippen molar-refractivity contribution in [2.75, 3.05) is 33.7 Å². The number of methoxy groups -OCH3 is 1. The summed E-state index contributed by atoms with van der Waals surface area (Å²) in [6.45, 7) is 12.0. The van der Waals surface area contributed by atoms with Gasteiger partial charge in [-0.1, -0.05) is 25.2 Å². The maximum absolute atomic E-state index is 10.4. The molecule has 29 heavy (non-hydrogen) atoms. The van der Waals surface area contributed by atoms with Gasteiger partial charge in [-0.15, -0.1) is 6.58 Å². The van der Waals surface area contributed by atoms with Crippen molar-refractivity contribution >= 4 is 0 Å². The van der Waals surface area contributed by atoms with E-state index in [0.29, 0.717) is 31.1 Å². The molecule has 0 saturated heterocycles. The highest BCUT2D eigenvalue weighted by Gasteiger charge is 2.29. The fourth-order valence-electron chi connectivity index (χ4n) is 2.82. The first-order valence-electron chi connectivity index (χ1n) is 9.86. The second kappa shape index (κ2) is 12.6. The molecule has 0 heterocycles. The van der Waals surface area contributed by atoms with Crippen molar-refractivity contribution in [2.24, 2.45) is 0 Å². The highest BCUT2D eigenvalue weighted by Crippen LogP contribution is 2.36. The molecule has 2 atom stereocenters. The van der Waals surface area contributed by atoms with Gasteiger partial charge in [-0.25, -0.2) is 0 Å². The van der Waals surface area contributed by atoms with E-state index in [2.05, 4.69) is 6.58 Å². The van der Waals surface area contributed by atoms with Gasteiger partial charge in [0, 0.05) is 31.6 Å². The maximum atomic E-state index is 10.4. The summed E-state index contributed by atoms with van der Waals surface area (Å²) in [5, 5.41) is 19.8. The fourth-order valence-corrected chi connectivity index (χ4v) is 2.82. The van der Waals surface area contributed by atoms with Crippen LogP contribution in [0.5, 0.6) is 11.5 Å². The zero-order valence-corrected chi connectivity index (χ0v) is 18.3. The van der Waals surface area contributed by atoms with Crippen molar-refractivity contribution in [3.05, 3.63) is 48.1 Å². The van der Waals surface area contributed by atoms with E-state index in [1.165, 1.54) is 0 Å². The van der Waals surface area contributed by atoms with Crippen LogP contribution in [-0.2, 0) is 9.47 Å². The molecule has 1 rings (SSSR count). The molecule has 0 fully saturated rings. The molecule has 0 spiro atoms. The van der Waals surface area contributed by atoms with Gasteiger partial charge in [0.1, 0.15) is 17.6 Å². The van der Waals surface area contributed by atoms with Crippen molar-refractivity contribution < 1.29 is 29.2 Å². The zero-order chi connectivity index (χ0) is 21.9. The summed E-state index contributed by atoms with van der Waals surface area (Å²) < 4.78 is 22.3. The van der Waals surface area contributed by atoms with Gasteiger partial charge in [0.05, 0.1) is 18.8 Å². The second-order valence-electron chi connectivity index (χ2n) is 7.52. The van der Waals surface area contributed by atoms with Crippen LogP contribution >= 0.6 is 0 Å². The van der Waals surface area contributed by atoms with Crippen LogP contribution in [0.25, 0.3) is 0 Å². The number of hydrogen-bond donors (Lipinski definition) is 2. The molecule has 0 radical (unpaired) electrons. The van der Waals surface area contributed by atoms with Crippen LogP contribution in [-0.4, -0.2) is 55.6 Å². The van der Waals surface area contributed by atoms with E-state index in [-0.39, 0.29) is 19.3 Å². The van der Waals surface area contributed by atoms with Gasteiger partial charge in [-0.05, 0) is 38.5 Å². The van der Waals surface area contributed by atoms with Crippen LogP contribution in [0.2, 0.25) is 0 Å². The van der Waals surface area contributed by atoms with Crippen molar-refractivity contribution in [1.82, 2.24) is 0 Å². The Kier molecular flexibility index (Phi) is 11.0. The lowest BCUT2D eigenvalue weighted by molar-refractivity contribution is -0.0436. The number of rotatable bonds is 14. The largest absolute Gasteiger partial charge is 0.487 e. The van der Waals surface area contributed by atoms with E-state index in [9.17, 15) is 10.2 Å². The van der Waals surface area contributed by atoms with Crippen LogP contribution in [0.3, 0.4) is 0 Å². The average Bonchev–Trinajstić information content (AvgIpc) is 2.66. The molecular weight excluding hydrogens is 372 g/mol. The van der Waals surface area contributed by atoms with E-state index in [1.54, 1.807) is 27.0 Å². The Morgan fingerprint density at radius 2 is 1.93 bits per heavy atom. The number of benzene rings is 1. The van der Waals surface area contributed by atoms with Gasteiger partial charge in [0.2, 0.25) is 0 Å². The molecule has 0 aromatic heterocycles. The first-order valence-corrected chi connectivity index (χ1v) is 9.86. The minimum absolute atomic E-state index is 0.0133. The fraction of sp³-hybridized carbons (Fsp3) is 0.565. The zero-order valence-electron chi connectivity index (χ0n) is 18.3. The number of hydrogen-bond acceptors (Lipinski definition) is 6. The van der Waals surface area contributed by atoms with Gasteiger partial charge in [-0.2, -0.15) is 0 Å². The number of aryl methyl sites for hydroxylation is 1. The van der Waals surface area contributed by atoms with Crippen LogP contribution in [0.1, 0.15) is 44.2 Å². The Bertz CT molecular complexity index is 648. The highest BCUT2D eigenvalue weighted by molar-refractivity contribution is 5.48.